The van der Waals surface area contributed by atoms with Crippen LogP contribution in [0.2, 0.25) is 0 Å². The largest absolute Gasteiger partial charge is 0.479 e. The first kappa shape index (κ1) is 21.6. The fourth-order valence-electron chi connectivity index (χ4n) is 1.14. The number of aliphatic carboxylic acids is 2. The van der Waals surface area contributed by atoms with Crippen molar-refractivity contribution in [3.8, 4) is 0 Å². The van der Waals surface area contributed by atoms with Gasteiger partial charge in [-0.05, 0) is 32.9 Å². The molecule has 0 aromatic rings. The second kappa shape index (κ2) is 14.7. The van der Waals surface area contributed by atoms with Gasteiger partial charge in [0.25, 0.3) is 6.47 Å². The van der Waals surface area contributed by atoms with Gasteiger partial charge in [-0.3, -0.25) is 4.79 Å². The maximum Gasteiger partial charge on any atom is 0.335 e. The van der Waals surface area contributed by atoms with Gasteiger partial charge in [0.15, 0.2) is 12.2 Å². The van der Waals surface area contributed by atoms with Crippen LogP contribution in [-0.2, 0) is 19.1 Å². The number of carbonyl (C=O) groups excluding carboxylic acids is 1. The van der Waals surface area contributed by atoms with Crippen molar-refractivity contribution in [2.45, 2.75) is 38.4 Å². The van der Waals surface area contributed by atoms with E-state index in [0.717, 1.165) is 0 Å². The van der Waals surface area contributed by atoms with Gasteiger partial charge >= 0.3 is 11.9 Å². The molecular formula is C12H23NO8. The summed E-state index contributed by atoms with van der Waals surface area (Å²) in [7, 11) is 0. The molecule has 0 aliphatic carbocycles. The number of ether oxygens (including phenoxy) is 1. The molecule has 1 rings (SSSR count). The lowest BCUT2D eigenvalue weighted by Gasteiger charge is -2.08. The van der Waals surface area contributed by atoms with Crippen LogP contribution >= 0.6 is 0 Å². The molecule has 21 heavy (non-hydrogen) atoms. The summed E-state index contributed by atoms with van der Waals surface area (Å²) in [5.41, 5.74) is 0. The van der Waals surface area contributed by atoms with Gasteiger partial charge in [-0.25, -0.2) is 9.59 Å². The van der Waals surface area contributed by atoms with Crippen molar-refractivity contribution in [2.75, 3.05) is 19.7 Å². The molecule has 1 heterocycles. The molecule has 1 fully saturated rings. The third-order valence-electron chi connectivity index (χ3n) is 2.25. The summed E-state index contributed by atoms with van der Waals surface area (Å²) < 4.78 is 4.15. The van der Waals surface area contributed by atoms with Gasteiger partial charge in [0.1, 0.15) is 0 Å². The molecule has 2 atom stereocenters. The summed E-state index contributed by atoms with van der Waals surface area (Å²) in [4.78, 5) is 28.7. The second-order valence-corrected chi connectivity index (χ2v) is 3.93. The van der Waals surface area contributed by atoms with Gasteiger partial charge < -0.3 is 30.5 Å². The second-order valence-electron chi connectivity index (χ2n) is 3.93. The molecule has 1 aliphatic heterocycles. The van der Waals surface area contributed by atoms with Crippen molar-refractivity contribution in [3.05, 3.63) is 0 Å². The molecule has 0 radical (unpaired) electrons. The molecule has 0 aromatic heterocycles. The van der Waals surface area contributed by atoms with E-state index in [0.29, 0.717) is 13.1 Å². The number of rotatable bonds is 5. The van der Waals surface area contributed by atoms with Crippen molar-refractivity contribution in [1.29, 1.82) is 0 Å². The normalized spacial score (nSPS) is 16.0. The lowest BCUT2D eigenvalue weighted by Crippen LogP contribution is -2.39. The maximum absolute atomic E-state index is 9.77. The van der Waals surface area contributed by atoms with Crippen LogP contribution in [0, 0.1) is 0 Å². The fourth-order valence-corrected chi connectivity index (χ4v) is 1.14. The smallest absolute Gasteiger partial charge is 0.335 e. The lowest BCUT2D eigenvalue weighted by molar-refractivity contribution is -0.165. The van der Waals surface area contributed by atoms with Gasteiger partial charge in [0.2, 0.25) is 0 Å². The Balaban J connectivity index is 0. The summed E-state index contributed by atoms with van der Waals surface area (Å²) >= 11 is 0. The zero-order valence-corrected chi connectivity index (χ0v) is 11.9. The van der Waals surface area contributed by atoms with Crippen LogP contribution in [0.3, 0.4) is 0 Å². The Morgan fingerprint density at radius 1 is 1.10 bits per heavy atom. The van der Waals surface area contributed by atoms with E-state index in [1.807, 2.05) is 0 Å². The zero-order valence-electron chi connectivity index (χ0n) is 11.9. The van der Waals surface area contributed by atoms with E-state index in [2.05, 4.69) is 10.1 Å². The maximum atomic E-state index is 9.77. The van der Waals surface area contributed by atoms with Crippen molar-refractivity contribution in [3.63, 3.8) is 0 Å². The highest BCUT2D eigenvalue weighted by atomic mass is 16.5. The molecule has 9 nitrogen and oxygen atoms in total. The molecule has 0 amide bonds. The Bertz CT molecular complexity index is 263. The molecule has 124 valence electrons. The number of aliphatic hydroxyl groups excluding tert-OH is 2. The van der Waals surface area contributed by atoms with Crippen molar-refractivity contribution < 1.29 is 39.5 Å². The van der Waals surface area contributed by atoms with Crippen molar-refractivity contribution in [1.82, 2.24) is 5.32 Å². The zero-order chi connectivity index (χ0) is 16.7. The molecular weight excluding hydrogens is 286 g/mol. The Kier molecular flexibility index (Phi) is 15.1. The molecule has 1 saturated heterocycles. The van der Waals surface area contributed by atoms with Crippen molar-refractivity contribution >= 4 is 18.4 Å². The minimum Gasteiger partial charge on any atom is -0.479 e. The van der Waals surface area contributed by atoms with Crippen LogP contribution in [0.25, 0.3) is 0 Å². The highest BCUT2D eigenvalue weighted by Crippen LogP contribution is 1.96. The van der Waals surface area contributed by atoms with E-state index >= 15 is 0 Å². The number of aliphatic hydroxyl groups is 2. The Labute approximate surface area is 122 Å². The number of carbonyl (C=O) groups is 3. The van der Waals surface area contributed by atoms with Crippen LogP contribution < -0.4 is 5.32 Å². The Morgan fingerprint density at radius 3 is 1.62 bits per heavy atom. The highest BCUT2D eigenvalue weighted by molar-refractivity contribution is 5.83. The number of piperidine rings is 1. The molecule has 0 spiro atoms. The van der Waals surface area contributed by atoms with E-state index in [1.165, 1.54) is 32.4 Å². The molecule has 0 bridgehead atoms. The molecule has 9 heteroatoms. The van der Waals surface area contributed by atoms with Gasteiger partial charge in [-0.2, -0.15) is 0 Å². The SMILES string of the molecule is C1CCNCC1.CCOC=O.O=C(O)C(O)C(O)C(=O)O. The Hall–Kier alpha value is -1.71. The van der Waals surface area contributed by atoms with E-state index in [1.54, 1.807) is 6.92 Å². The van der Waals surface area contributed by atoms with Crippen LogP contribution in [-0.4, -0.2) is 70.7 Å². The average molecular weight is 309 g/mol. The third kappa shape index (κ3) is 14.5. The lowest BCUT2D eigenvalue weighted by atomic mass is 10.2. The topological polar surface area (TPSA) is 153 Å². The standard InChI is InChI=1S/C5H11N.C4H6O6.C3H6O2/c1-2-4-6-5-3-1;5-1(3(7)8)2(6)4(9)10;1-2-5-3-4/h6H,1-5H2;1-2,5-6H,(H,7,8)(H,9,10);3H,2H2,1H3. The van der Waals surface area contributed by atoms with Gasteiger partial charge in [0.05, 0.1) is 6.61 Å². The number of hydrogen-bond donors (Lipinski definition) is 5. The summed E-state index contributed by atoms with van der Waals surface area (Å²) in [6.07, 6.45) is -0.317. The van der Waals surface area contributed by atoms with Crippen LogP contribution in [0.15, 0.2) is 0 Å². The summed E-state index contributed by atoms with van der Waals surface area (Å²) in [5.74, 6) is -3.54. The van der Waals surface area contributed by atoms with E-state index < -0.39 is 24.1 Å². The molecule has 1 aliphatic rings. The first-order valence-electron chi connectivity index (χ1n) is 6.46. The van der Waals surface area contributed by atoms with Gasteiger partial charge in [-0.15, -0.1) is 0 Å². The van der Waals surface area contributed by atoms with Crippen molar-refractivity contribution in [2.24, 2.45) is 0 Å². The number of carboxylic acids is 2. The van der Waals surface area contributed by atoms with Crippen LogP contribution in [0.1, 0.15) is 26.2 Å². The number of carboxylic acid groups (broad SMARTS) is 2. The fraction of sp³-hybridized carbons (Fsp3) is 0.750. The van der Waals surface area contributed by atoms with E-state index in [-0.39, 0.29) is 0 Å². The summed E-state index contributed by atoms with van der Waals surface area (Å²) in [6.45, 7) is 5.16. The molecule has 5 N–H and O–H groups in total. The third-order valence-corrected chi connectivity index (χ3v) is 2.25. The average Bonchev–Trinajstić information content (AvgIpc) is 2.49. The number of hydrogen-bond acceptors (Lipinski definition) is 7. The molecule has 2 unspecified atom stereocenters. The predicted octanol–water partition coefficient (Wildman–Crippen LogP) is -1.18. The minimum absolute atomic E-state index is 0.431. The highest BCUT2D eigenvalue weighted by Gasteiger charge is 2.29. The van der Waals surface area contributed by atoms with Crippen LogP contribution in [0.4, 0.5) is 0 Å². The quantitative estimate of drug-likeness (QED) is 0.395. The minimum atomic E-state index is -2.27. The van der Waals surface area contributed by atoms with E-state index in [9.17, 15) is 14.4 Å². The first-order chi connectivity index (χ1) is 9.88. The predicted molar refractivity (Wildman–Crippen MR) is 71.7 cm³/mol. The van der Waals surface area contributed by atoms with Gasteiger partial charge in [-0.1, -0.05) is 6.42 Å². The Morgan fingerprint density at radius 2 is 1.52 bits per heavy atom. The number of nitrogens with one attached hydrogen (secondary N) is 1. The van der Waals surface area contributed by atoms with E-state index in [4.69, 9.17) is 20.4 Å². The first-order valence-corrected chi connectivity index (χ1v) is 6.46. The monoisotopic (exact) mass is 309 g/mol. The van der Waals surface area contributed by atoms with Gasteiger partial charge in [0, 0.05) is 0 Å². The summed E-state index contributed by atoms with van der Waals surface area (Å²) in [6, 6.07) is 0. The van der Waals surface area contributed by atoms with Crippen LogP contribution in [0.5, 0.6) is 0 Å². The molecule has 0 saturated carbocycles. The molecule has 0 aromatic carbocycles. The summed E-state index contributed by atoms with van der Waals surface area (Å²) in [5, 5.41) is 35.8.